The number of nitrogens with one attached hydrogen (secondary N) is 2. The number of hydrogen-bond acceptors (Lipinski definition) is 5. The first-order chi connectivity index (χ1) is 22.9. The molecule has 0 unspecified atom stereocenters. The number of aliphatic hydroxyl groups is 1. The molecule has 1 aliphatic heterocycles. The van der Waals surface area contributed by atoms with Gasteiger partial charge in [-0.3, -0.25) is 9.69 Å². The molecular weight excluding hydrogens is 621 g/mol. The predicted octanol–water partition coefficient (Wildman–Crippen LogP) is 7.37. The van der Waals surface area contributed by atoms with Crippen LogP contribution in [0.15, 0.2) is 97.1 Å². The van der Waals surface area contributed by atoms with Crippen LogP contribution in [0, 0.1) is 5.92 Å². The highest BCUT2D eigenvalue weighted by molar-refractivity contribution is 6.02. The van der Waals surface area contributed by atoms with E-state index >= 15 is 0 Å². The Morgan fingerprint density at radius 1 is 0.958 bits per heavy atom. The lowest BCUT2D eigenvalue weighted by molar-refractivity contribution is -0.137. The molecule has 0 saturated heterocycles. The second-order valence-corrected chi connectivity index (χ2v) is 12.2. The van der Waals surface area contributed by atoms with Crippen molar-refractivity contribution in [3.05, 3.63) is 114 Å². The van der Waals surface area contributed by atoms with Gasteiger partial charge in [-0.2, -0.15) is 13.2 Å². The molecule has 4 aromatic carbocycles. The van der Waals surface area contributed by atoms with Crippen LogP contribution in [0.25, 0.3) is 11.1 Å². The monoisotopic (exact) mass is 660 g/mol. The Hall–Kier alpha value is -4.87. The summed E-state index contributed by atoms with van der Waals surface area (Å²) in [4.78, 5) is 30.3. The van der Waals surface area contributed by atoms with Crippen LogP contribution in [0.1, 0.15) is 35.3 Å². The minimum absolute atomic E-state index is 0.0775. The van der Waals surface area contributed by atoms with Crippen LogP contribution in [0.4, 0.5) is 29.3 Å². The van der Waals surface area contributed by atoms with Gasteiger partial charge in [0.15, 0.2) is 0 Å². The van der Waals surface area contributed by atoms with E-state index in [0.29, 0.717) is 25.4 Å². The molecule has 11 heteroatoms. The minimum atomic E-state index is -4.49. The normalized spacial score (nSPS) is 17.2. The first-order valence-electron chi connectivity index (χ1n) is 15.7. The summed E-state index contributed by atoms with van der Waals surface area (Å²) in [6, 6.07) is 26.3. The van der Waals surface area contributed by atoms with Crippen LogP contribution >= 0.6 is 0 Å². The van der Waals surface area contributed by atoms with Crippen molar-refractivity contribution in [1.29, 1.82) is 0 Å². The number of anilines is 2. The van der Waals surface area contributed by atoms with Crippen molar-refractivity contribution in [2.45, 2.75) is 38.7 Å². The number of alkyl halides is 3. The fourth-order valence-electron chi connectivity index (χ4n) is 5.67. The van der Waals surface area contributed by atoms with Gasteiger partial charge in [0, 0.05) is 36.9 Å². The lowest BCUT2D eigenvalue weighted by atomic mass is 9.99. The average molecular weight is 661 g/mol. The Kier molecular flexibility index (Phi) is 10.7. The molecule has 3 atom stereocenters. The van der Waals surface area contributed by atoms with E-state index in [2.05, 4.69) is 51.9 Å². The highest BCUT2D eigenvalue weighted by Crippen LogP contribution is 2.32. The summed E-state index contributed by atoms with van der Waals surface area (Å²) in [7, 11) is 2.02. The smallest absolute Gasteiger partial charge is 0.416 e. The number of hydrogen-bond donors (Lipinski definition) is 3. The quantitative estimate of drug-likeness (QED) is 0.174. The molecule has 8 nitrogen and oxygen atoms in total. The van der Waals surface area contributed by atoms with Crippen molar-refractivity contribution >= 4 is 23.3 Å². The zero-order valence-electron chi connectivity index (χ0n) is 27.0. The number of aliphatic hydroxyl groups excluding tert-OH is 1. The van der Waals surface area contributed by atoms with E-state index in [-0.39, 0.29) is 41.5 Å². The van der Waals surface area contributed by atoms with Gasteiger partial charge >= 0.3 is 12.2 Å². The first kappa shape index (κ1) is 34.5. The summed E-state index contributed by atoms with van der Waals surface area (Å²) in [5, 5.41) is 15.1. The van der Waals surface area contributed by atoms with Crippen LogP contribution in [0.3, 0.4) is 0 Å². The van der Waals surface area contributed by atoms with Gasteiger partial charge in [0.2, 0.25) is 0 Å². The van der Waals surface area contributed by atoms with Gasteiger partial charge in [-0.05, 0) is 73.1 Å². The number of carbonyl (C=O) groups is 2. The molecule has 0 bridgehead atoms. The number of nitrogens with zero attached hydrogens (tertiary/aromatic N) is 2. The lowest BCUT2D eigenvalue weighted by Gasteiger charge is -2.38. The number of benzene rings is 4. The molecule has 0 spiro atoms. The van der Waals surface area contributed by atoms with E-state index in [1.54, 1.807) is 24.0 Å². The molecule has 4 aromatic rings. The maximum atomic E-state index is 13.8. The molecule has 48 heavy (non-hydrogen) atoms. The summed E-state index contributed by atoms with van der Waals surface area (Å²) in [5.74, 6) is -0.0807. The maximum absolute atomic E-state index is 13.8. The van der Waals surface area contributed by atoms with Gasteiger partial charge in [-0.15, -0.1) is 0 Å². The van der Waals surface area contributed by atoms with E-state index in [1.807, 2.05) is 32.2 Å². The van der Waals surface area contributed by atoms with E-state index < -0.39 is 23.8 Å². The third-order valence-corrected chi connectivity index (χ3v) is 8.40. The maximum Gasteiger partial charge on any atom is 0.416 e. The summed E-state index contributed by atoms with van der Waals surface area (Å²) < 4.78 is 45.2. The second kappa shape index (κ2) is 14.9. The third-order valence-electron chi connectivity index (χ3n) is 8.40. The van der Waals surface area contributed by atoms with Crippen molar-refractivity contribution in [1.82, 2.24) is 9.80 Å². The molecular formula is C37H39F3N4O4. The van der Waals surface area contributed by atoms with Crippen LogP contribution < -0.4 is 15.4 Å². The van der Waals surface area contributed by atoms with Crippen LogP contribution in [0.5, 0.6) is 5.75 Å². The summed E-state index contributed by atoms with van der Waals surface area (Å²) >= 11 is 0. The standard InChI is InChI=1S/C37H39F3N4O4/c1-24-20-44(25(2)23-45)35(46)32-19-31(42-36(47)41-30-15-13-29(14-16-30)37(38,39)40)17-18-33(32)48-34(24)22-43(3)21-26-9-11-28(12-10-26)27-7-5-4-6-8-27/h4-19,24-25,34,45H,20-23H2,1-3H3,(H2,41,42,47)/t24-,25-,34-/m1/s1. The van der Waals surface area contributed by atoms with Crippen molar-refractivity contribution < 1.29 is 32.6 Å². The van der Waals surface area contributed by atoms with E-state index in [1.165, 1.54) is 6.07 Å². The van der Waals surface area contributed by atoms with Gasteiger partial charge in [0.1, 0.15) is 11.9 Å². The number of rotatable bonds is 9. The second-order valence-electron chi connectivity index (χ2n) is 12.2. The zero-order valence-corrected chi connectivity index (χ0v) is 27.0. The van der Waals surface area contributed by atoms with Gasteiger partial charge in [0.05, 0.1) is 23.8 Å². The van der Waals surface area contributed by atoms with Crippen LogP contribution in [-0.2, 0) is 12.7 Å². The predicted molar refractivity (Wildman–Crippen MR) is 180 cm³/mol. The Labute approximate surface area is 278 Å². The van der Waals surface area contributed by atoms with E-state index in [9.17, 15) is 27.9 Å². The molecule has 0 fully saturated rings. The first-order valence-corrected chi connectivity index (χ1v) is 15.7. The molecule has 0 aliphatic carbocycles. The van der Waals surface area contributed by atoms with Gasteiger partial charge in [-0.1, -0.05) is 61.5 Å². The summed E-state index contributed by atoms with van der Waals surface area (Å²) in [6.45, 7) is 5.14. The Morgan fingerprint density at radius 2 is 1.58 bits per heavy atom. The Morgan fingerprint density at radius 3 is 2.23 bits per heavy atom. The van der Waals surface area contributed by atoms with Gasteiger partial charge in [0.25, 0.3) is 5.91 Å². The van der Waals surface area contributed by atoms with E-state index in [4.69, 9.17) is 4.74 Å². The van der Waals surface area contributed by atoms with Gasteiger partial charge < -0.3 is 25.4 Å². The number of urea groups is 1. The molecule has 0 radical (unpaired) electrons. The van der Waals surface area contributed by atoms with Crippen molar-refractivity contribution in [3.8, 4) is 16.9 Å². The number of halogens is 3. The Balaban J connectivity index is 1.30. The molecule has 1 heterocycles. The van der Waals surface area contributed by atoms with E-state index in [0.717, 1.165) is 41.0 Å². The highest BCUT2D eigenvalue weighted by atomic mass is 19.4. The summed E-state index contributed by atoms with van der Waals surface area (Å²) in [6.07, 6.45) is -4.79. The Bertz CT molecular complexity index is 1700. The van der Waals surface area contributed by atoms with Crippen LogP contribution in [-0.4, -0.2) is 65.7 Å². The molecule has 252 valence electrons. The number of likely N-dealkylation sites (N-methyl/N-ethyl adjacent to an activating group) is 1. The largest absolute Gasteiger partial charge is 0.488 e. The van der Waals surface area contributed by atoms with Crippen molar-refractivity contribution in [3.63, 3.8) is 0 Å². The third kappa shape index (κ3) is 8.53. The average Bonchev–Trinajstić information content (AvgIpc) is 3.06. The SMILES string of the molecule is C[C@@H]1CN([C@H](C)CO)C(=O)c2cc(NC(=O)Nc3ccc(C(F)(F)F)cc3)ccc2O[C@@H]1CN(C)Cc1ccc(-c2ccccc2)cc1. The van der Waals surface area contributed by atoms with Crippen molar-refractivity contribution in [2.75, 3.05) is 37.4 Å². The zero-order chi connectivity index (χ0) is 34.4. The van der Waals surface area contributed by atoms with Gasteiger partial charge in [-0.25, -0.2) is 4.79 Å². The number of ether oxygens (including phenoxy) is 1. The van der Waals surface area contributed by atoms with Crippen LogP contribution in [0.2, 0.25) is 0 Å². The fraction of sp³-hybridized carbons (Fsp3) is 0.297. The molecule has 0 saturated carbocycles. The lowest BCUT2D eigenvalue weighted by Crippen LogP contribution is -2.49. The fourth-order valence-corrected chi connectivity index (χ4v) is 5.67. The molecule has 3 amide bonds. The number of carbonyl (C=O) groups excluding carboxylic acids is 2. The molecule has 1 aliphatic rings. The molecule has 5 rings (SSSR count). The topological polar surface area (TPSA) is 94.1 Å². The number of amides is 3. The highest BCUT2D eigenvalue weighted by Gasteiger charge is 2.34. The molecule has 0 aromatic heterocycles. The molecule has 3 N–H and O–H groups in total. The number of fused-ring (bicyclic) bond motifs is 1. The van der Waals surface area contributed by atoms with Crippen molar-refractivity contribution in [2.24, 2.45) is 5.92 Å². The minimum Gasteiger partial charge on any atom is -0.488 e. The summed E-state index contributed by atoms with van der Waals surface area (Å²) in [5.41, 5.74) is 3.29.